The summed E-state index contributed by atoms with van der Waals surface area (Å²) in [7, 11) is 0. The van der Waals surface area contributed by atoms with Gasteiger partial charge in [-0.3, -0.25) is 0 Å². The molecular weight excluding hydrogens is 1390 g/mol. The first-order valence-electron chi connectivity index (χ1n) is 40.9. The SMILES string of the molecule is c1cc2ccc3ccc4c5cc6cc7c(cc6cc5c5cc(c1)c2c3c45)c1ccc2c3cccc4cccc(c5ccc7c1c52)c43.c1cc2cccc3c4cc5cc6c(cc5cc4c(c1)c23)c1cccc2cccc6c21.c1ccc2cc3c(cc2c1)-c1ccc2c4ccc5c6c(ccc(c7ccc-3c1c27)c64)-c1cc2ccccc2cc1-5. The van der Waals surface area contributed by atoms with Gasteiger partial charge in [0.25, 0.3) is 0 Å². The molecule has 522 valence electrons. The molecule has 0 saturated carbocycles. The molecule has 2 aliphatic rings. The Morgan fingerprint density at radius 1 is 0.0776 bits per heavy atom. The molecule has 0 aliphatic heterocycles. The van der Waals surface area contributed by atoms with Gasteiger partial charge in [-0.1, -0.05) is 273 Å². The van der Waals surface area contributed by atoms with Gasteiger partial charge in [-0.15, -0.1) is 0 Å². The van der Waals surface area contributed by atoms with Crippen LogP contribution in [0.3, 0.4) is 0 Å². The Morgan fingerprint density at radius 3 is 0.603 bits per heavy atom. The Labute approximate surface area is 661 Å². The van der Waals surface area contributed by atoms with Crippen LogP contribution in [0.2, 0.25) is 0 Å². The third-order valence-electron chi connectivity index (χ3n) is 28.5. The highest BCUT2D eigenvalue weighted by Crippen LogP contribution is 2.58. The smallest absolute Gasteiger partial charge is 0.00137 e. The van der Waals surface area contributed by atoms with Gasteiger partial charge in [0.05, 0.1) is 0 Å². The maximum Gasteiger partial charge on any atom is -0.00137 e. The first-order valence-corrected chi connectivity index (χ1v) is 40.9. The summed E-state index contributed by atoms with van der Waals surface area (Å²) in [5, 5.41) is 68.0. The minimum atomic E-state index is 1.30. The molecule has 0 radical (unpaired) electrons. The molecule has 0 saturated heterocycles. The molecule has 116 heavy (non-hydrogen) atoms. The summed E-state index contributed by atoms with van der Waals surface area (Å²) in [6.07, 6.45) is 0. The standard InChI is InChI=1S/C46H22.C40H20.C30H16/c1-4-24-10-11-25-12-13-33-38-21-27-19-36-34-16-14-31-29-8-2-5-23-6-3-9-30(42(23)29)32-15-17-35(45(34)44(31)32)37(36)20-28(27)22-39(38)40-18-26(7-1)41(24)43(25)46(33)40;1-2-6-22-18-34-30-14-10-26-28-12-16-32-36-20-24-8-4-3-7-23(24)19-35(36)31-15-11-27(38(28)40(31)32)25-9-13-29(39(30)37(25)26)33(34)17-21(22)5-1;1-5-17-6-2-10-22-26-14-20-16-28-24-12-4-8-18-7-3-11-23(30(18)24)27(28)15-19(20)13-25(26)21(9-1)29(17)22/h1-22H;1-20H;1-16H. The third-order valence-corrected chi connectivity index (χ3v) is 28.5. The van der Waals surface area contributed by atoms with E-state index < -0.39 is 0 Å². The first kappa shape index (κ1) is 59.7. The Hall–Kier alpha value is -15.1. The van der Waals surface area contributed by atoms with Gasteiger partial charge in [-0.2, -0.15) is 0 Å². The van der Waals surface area contributed by atoms with Crippen LogP contribution >= 0.6 is 0 Å². The van der Waals surface area contributed by atoms with Crippen LogP contribution in [-0.2, 0) is 0 Å². The molecule has 32 rings (SSSR count). The monoisotopic (exact) mass is 1450 g/mol. The minimum Gasteiger partial charge on any atom is -0.0616 e. The second-order valence-corrected chi connectivity index (χ2v) is 33.8. The van der Waals surface area contributed by atoms with Gasteiger partial charge >= 0.3 is 0 Å². The van der Waals surface area contributed by atoms with E-state index in [2.05, 4.69) is 352 Å². The summed E-state index contributed by atoms with van der Waals surface area (Å²) in [4.78, 5) is 0. The van der Waals surface area contributed by atoms with E-state index in [0.29, 0.717) is 0 Å². The lowest BCUT2D eigenvalue weighted by molar-refractivity contribution is 1.73. The van der Waals surface area contributed by atoms with E-state index in [4.69, 9.17) is 0 Å². The van der Waals surface area contributed by atoms with Gasteiger partial charge in [0.15, 0.2) is 0 Å². The average molecular weight is 1450 g/mol. The van der Waals surface area contributed by atoms with Crippen LogP contribution in [0.15, 0.2) is 352 Å². The summed E-state index contributed by atoms with van der Waals surface area (Å²) >= 11 is 0. The molecule has 0 fully saturated rings. The zero-order valence-corrected chi connectivity index (χ0v) is 62.5. The van der Waals surface area contributed by atoms with Gasteiger partial charge < -0.3 is 0 Å². The van der Waals surface area contributed by atoms with Crippen molar-refractivity contribution in [1.82, 2.24) is 0 Å². The first-order chi connectivity index (χ1) is 57.5. The molecule has 30 aromatic carbocycles. The van der Waals surface area contributed by atoms with Crippen LogP contribution in [0.1, 0.15) is 0 Å². The summed E-state index contributed by atoms with van der Waals surface area (Å²) in [5.74, 6) is 0. The molecular formula is C116H58. The van der Waals surface area contributed by atoms with Crippen LogP contribution in [0, 0.1) is 0 Å². The van der Waals surface area contributed by atoms with E-state index in [0.717, 1.165) is 0 Å². The van der Waals surface area contributed by atoms with E-state index in [1.54, 1.807) is 0 Å². The number of rotatable bonds is 0. The molecule has 0 nitrogen and oxygen atoms in total. The summed E-state index contributed by atoms with van der Waals surface area (Å²) in [6.45, 7) is 0. The highest BCUT2D eigenvalue weighted by molar-refractivity contribution is 6.46. The Balaban J connectivity index is 0.0000000897. The van der Waals surface area contributed by atoms with Crippen molar-refractivity contribution in [2.24, 2.45) is 0 Å². The van der Waals surface area contributed by atoms with Crippen molar-refractivity contribution in [2.45, 2.75) is 0 Å². The lowest BCUT2D eigenvalue weighted by Crippen LogP contribution is -1.88. The van der Waals surface area contributed by atoms with Crippen molar-refractivity contribution in [3.05, 3.63) is 352 Å². The highest BCUT2D eigenvalue weighted by atomic mass is 14.3. The Bertz CT molecular complexity index is 9100. The molecule has 0 spiro atoms. The molecule has 0 heteroatoms. The molecule has 2 aliphatic carbocycles. The van der Waals surface area contributed by atoms with Gasteiger partial charge in [0.1, 0.15) is 0 Å². The molecule has 0 amide bonds. The second-order valence-electron chi connectivity index (χ2n) is 33.8. The second kappa shape index (κ2) is 20.8. The zero-order chi connectivity index (χ0) is 74.5. The molecule has 0 N–H and O–H groups in total. The Morgan fingerprint density at radius 2 is 0.276 bits per heavy atom. The maximum atomic E-state index is 2.47. The fraction of sp³-hybridized carbons (Fsp3) is 0. The lowest BCUT2D eigenvalue weighted by atomic mass is 9.86. The van der Waals surface area contributed by atoms with Crippen molar-refractivity contribution in [1.29, 1.82) is 0 Å². The minimum absolute atomic E-state index is 1.30. The molecule has 0 heterocycles. The van der Waals surface area contributed by atoms with E-state index in [1.165, 1.54) is 314 Å². The topological polar surface area (TPSA) is 0 Å². The number of fused-ring (bicyclic) bond motifs is 26. The maximum absolute atomic E-state index is 2.47. The zero-order valence-electron chi connectivity index (χ0n) is 62.5. The summed E-state index contributed by atoms with van der Waals surface area (Å²) in [6, 6.07) is 134. The summed E-state index contributed by atoms with van der Waals surface area (Å²) in [5.41, 5.74) is 10.9. The van der Waals surface area contributed by atoms with E-state index in [1.807, 2.05) is 0 Å². The molecule has 0 bridgehead atoms. The molecule has 30 aromatic rings. The van der Waals surface area contributed by atoms with Gasteiger partial charge in [0, 0.05) is 0 Å². The predicted molar refractivity (Wildman–Crippen MR) is 504 cm³/mol. The molecule has 0 unspecified atom stereocenters. The lowest BCUT2D eigenvalue weighted by Gasteiger charge is -2.16. The van der Waals surface area contributed by atoms with Crippen molar-refractivity contribution in [3.63, 3.8) is 0 Å². The molecule has 0 atom stereocenters. The number of hydrogen-bond acceptors (Lipinski definition) is 0. The van der Waals surface area contributed by atoms with Crippen LogP contribution in [-0.4, -0.2) is 0 Å². The largest absolute Gasteiger partial charge is 0.0616 e. The van der Waals surface area contributed by atoms with E-state index in [-0.39, 0.29) is 0 Å². The van der Waals surface area contributed by atoms with E-state index >= 15 is 0 Å². The molecule has 0 aromatic heterocycles. The third kappa shape index (κ3) is 7.28. The average Bonchev–Trinajstić information content (AvgIpc) is 1.48. The predicted octanol–water partition coefficient (Wildman–Crippen LogP) is 33.2. The summed E-state index contributed by atoms with van der Waals surface area (Å²) < 4.78 is 0. The number of benzene rings is 26. The van der Waals surface area contributed by atoms with E-state index in [9.17, 15) is 0 Å². The van der Waals surface area contributed by atoms with Crippen LogP contribution in [0.25, 0.3) is 314 Å². The quantitative estimate of drug-likeness (QED) is 0.105. The van der Waals surface area contributed by atoms with Crippen LogP contribution in [0.4, 0.5) is 0 Å². The Kier molecular flexibility index (Phi) is 10.7. The van der Waals surface area contributed by atoms with Crippen LogP contribution in [0.5, 0.6) is 0 Å². The van der Waals surface area contributed by atoms with Crippen molar-refractivity contribution in [2.75, 3.05) is 0 Å². The van der Waals surface area contributed by atoms with Crippen molar-refractivity contribution in [3.8, 4) is 44.5 Å². The van der Waals surface area contributed by atoms with Gasteiger partial charge in [-0.05, 0) is 393 Å². The van der Waals surface area contributed by atoms with Crippen molar-refractivity contribution < 1.29 is 0 Å². The van der Waals surface area contributed by atoms with Crippen molar-refractivity contribution >= 4 is 269 Å². The number of hydrogen-bond donors (Lipinski definition) is 0. The fourth-order valence-electron chi connectivity index (χ4n) is 23.7. The fourth-order valence-corrected chi connectivity index (χ4v) is 23.7. The van der Waals surface area contributed by atoms with Crippen LogP contribution < -0.4 is 0 Å². The highest BCUT2D eigenvalue weighted by Gasteiger charge is 2.31. The normalized spacial score (nSPS) is 13.0. The van der Waals surface area contributed by atoms with Gasteiger partial charge in [0.2, 0.25) is 0 Å². The van der Waals surface area contributed by atoms with Gasteiger partial charge in [-0.25, -0.2) is 0 Å².